The van der Waals surface area contributed by atoms with Crippen molar-refractivity contribution in [2.24, 2.45) is 11.8 Å². The highest BCUT2D eigenvalue weighted by atomic mass is 35.5. The molecular formula is C35H43ClN2O6S. The number of nitrogens with one attached hydrogen (secondary N) is 1. The van der Waals surface area contributed by atoms with Gasteiger partial charge in [-0.05, 0) is 105 Å². The summed E-state index contributed by atoms with van der Waals surface area (Å²) in [5, 5.41) is 0.0769. The zero-order chi connectivity index (χ0) is 31.2. The maximum absolute atomic E-state index is 13.5. The Labute approximate surface area is 271 Å². The van der Waals surface area contributed by atoms with E-state index in [2.05, 4.69) is 33.9 Å². The highest BCUT2D eigenvalue weighted by Gasteiger charge is 2.45. The van der Waals surface area contributed by atoms with Gasteiger partial charge < -0.3 is 19.1 Å². The molecule has 3 aliphatic heterocycles. The van der Waals surface area contributed by atoms with E-state index in [1.54, 1.807) is 6.07 Å². The number of nitrogens with zero attached hydrogens (tertiary/aromatic N) is 1. The summed E-state index contributed by atoms with van der Waals surface area (Å²) in [6.45, 7) is 5.13. The first-order chi connectivity index (χ1) is 21.7. The molecule has 10 heteroatoms. The van der Waals surface area contributed by atoms with Gasteiger partial charge >= 0.3 is 0 Å². The smallest absolute Gasteiger partial charge is 0.264 e. The monoisotopic (exact) mass is 654 g/mol. The van der Waals surface area contributed by atoms with Crippen molar-refractivity contribution < 1.29 is 27.4 Å². The molecule has 1 N–H and O–H groups in total. The Morgan fingerprint density at radius 2 is 2.00 bits per heavy atom. The fourth-order valence-corrected chi connectivity index (χ4v) is 9.58. The normalized spacial score (nSPS) is 32.1. The van der Waals surface area contributed by atoms with Gasteiger partial charge in [-0.15, -0.1) is 0 Å². The van der Waals surface area contributed by atoms with E-state index in [1.807, 2.05) is 25.1 Å². The second kappa shape index (κ2) is 12.5. The zero-order valence-corrected chi connectivity index (χ0v) is 27.5. The minimum absolute atomic E-state index is 0.0533. The van der Waals surface area contributed by atoms with Crippen LogP contribution in [0.15, 0.2) is 48.6 Å². The molecule has 2 aliphatic carbocycles. The topological polar surface area (TPSA) is 94.2 Å². The Kier molecular flexibility index (Phi) is 8.65. The highest BCUT2D eigenvalue weighted by molar-refractivity contribution is 7.90. The number of carbonyl (C=O) groups excluding carboxylic acids is 1. The average Bonchev–Trinajstić information content (AvgIpc) is 3.12. The number of fused-ring (bicyclic) bond motifs is 4. The third-order valence-electron chi connectivity index (χ3n) is 10.7. The van der Waals surface area contributed by atoms with Crippen molar-refractivity contribution >= 4 is 33.2 Å². The van der Waals surface area contributed by atoms with Crippen LogP contribution < -0.4 is 14.4 Å². The van der Waals surface area contributed by atoms with Crippen molar-refractivity contribution in [3.63, 3.8) is 0 Å². The average molecular weight is 655 g/mol. The minimum Gasteiger partial charge on any atom is -0.490 e. The van der Waals surface area contributed by atoms with Crippen LogP contribution in [0, 0.1) is 11.8 Å². The van der Waals surface area contributed by atoms with E-state index < -0.39 is 21.2 Å². The van der Waals surface area contributed by atoms with Gasteiger partial charge in [0.1, 0.15) is 11.9 Å². The standard InChI is InChI=1S/C35H43ClN2O6S/c1-2-28-7-3-4-8-32(44-27-19-42-20-27)29-12-9-25(29)18-38-21-35(15-5-6-23-16-26(36)11-13-30(23)35)22-43-33-14-10-24(17-31(33)38)34(39)37-45(28,40)41/h4,8,10-11,13-14,16-17,25,27-29,32H,2-3,5-7,9,12,15,18-22H2,1H3,(H,37,39)/b8-4-/t25-,28+,29+,32-,35-/m0/s1. The van der Waals surface area contributed by atoms with Crippen LogP contribution in [0.2, 0.25) is 5.02 Å². The number of allylic oxidation sites excluding steroid dienone is 1. The molecule has 8 nitrogen and oxygen atoms in total. The lowest BCUT2D eigenvalue weighted by Gasteiger charge is -2.47. The number of hydrogen-bond donors (Lipinski definition) is 1. The number of ether oxygens (including phenoxy) is 3. The molecular weight excluding hydrogens is 612 g/mol. The molecule has 5 atom stereocenters. The predicted octanol–water partition coefficient (Wildman–Crippen LogP) is 5.81. The van der Waals surface area contributed by atoms with Gasteiger partial charge in [0.25, 0.3) is 5.91 Å². The first kappa shape index (κ1) is 31.0. The summed E-state index contributed by atoms with van der Waals surface area (Å²) >= 11 is 6.43. The lowest BCUT2D eigenvalue weighted by Crippen LogP contribution is -2.50. The van der Waals surface area contributed by atoms with Crippen molar-refractivity contribution in [3.05, 3.63) is 70.3 Å². The molecule has 1 saturated carbocycles. The van der Waals surface area contributed by atoms with Crippen molar-refractivity contribution in [1.29, 1.82) is 0 Å². The molecule has 1 saturated heterocycles. The zero-order valence-electron chi connectivity index (χ0n) is 25.9. The SMILES string of the molecule is CC[C@@H]1CC/C=C\[C@H](OC2COC2)[C@@H]2CC[C@H]2CN2C[C@@]3(CCCc4cc(Cl)ccc43)COc3ccc(cc32)C(=O)NS1(=O)=O. The molecule has 1 amide bonds. The van der Waals surface area contributed by atoms with Gasteiger partial charge in [-0.1, -0.05) is 36.7 Å². The third kappa shape index (κ3) is 6.13. The number of halogens is 1. The molecule has 0 unspecified atom stereocenters. The molecule has 2 aromatic carbocycles. The fraction of sp³-hybridized carbons (Fsp3) is 0.571. The van der Waals surface area contributed by atoms with E-state index in [9.17, 15) is 13.2 Å². The van der Waals surface area contributed by atoms with E-state index in [1.165, 1.54) is 11.1 Å². The Hall–Kier alpha value is -2.59. The number of amides is 1. The van der Waals surface area contributed by atoms with E-state index in [-0.39, 0.29) is 17.6 Å². The number of rotatable bonds is 3. The van der Waals surface area contributed by atoms with Crippen LogP contribution in [0.5, 0.6) is 5.75 Å². The highest BCUT2D eigenvalue weighted by Crippen LogP contribution is 2.47. The molecule has 2 aromatic rings. The van der Waals surface area contributed by atoms with Gasteiger partial charge in [-0.25, -0.2) is 13.1 Å². The Bertz CT molecular complexity index is 1580. The first-order valence-electron chi connectivity index (χ1n) is 16.5. The van der Waals surface area contributed by atoms with Crippen LogP contribution >= 0.6 is 11.6 Å². The molecule has 45 heavy (non-hydrogen) atoms. The Balaban J connectivity index is 1.29. The van der Waals surface area contributed by atoms with Crippen LogP contribution in [0.3, 0.4) is 0 Å². The van der Waals surface area contributed by atoms with E-state index >= 15 is 0 Å². The second-order valence-corrected chi connectivity index (χ2v) is 16.0. The molecule has 0 aromatic heterocycles. The summed E-state index contributed by atoms with van der Waals surface area (Å²) in [6.07, 6.45) is 10.9. The second-order valence-electron chi connectivity index (χ2n) is 13.6. The maximum atomic E-state index is 13.5. The van der Waals surface area contributed by atoms with Gasteiger partial charge in [0.2, 0.25) is 10.0 Å². The fourth-order valence-electron chi connectivity index (χ4n) is 7.96. The van der Waals surface area contributed by atoms with Crippen LogP contribution in [-0.2, 0) is 31.3 Å². The van der Waals surface area contributed by atoms with Crippen molar-refractivity contribution in [2.75, 3.05) is 37.8 Å². The number of aryl methyl sites for hydroxylation is 1. The van der Waals surface area contributed by atoms with Crippen molar-refractivity contribution in [2.45, 2.75) is 81.2 Å². The molecule has 0 radical (unpaired) electrons. The number of hydrogen-bond acceptors (Lipinski definition) is 7. The summed E-state index contributed by atoms with van der Waals surface area (Å²) in [6, 6.07) is 11.6. The van der Waals surface area contributed by atoms with Crippen molar-refractivity contribution in [3.8, 4) is 5.75 Å². The Morgan fingerprint density at radius 3 is 2.76 bits per heavy atom. The minimum atomic E-state index is -3.87. The van der Waals surface area contributed by atoms with E-state index in [0.29, 0.717) is 56.5 Å². The van der Waals surface area contributed by atoms with Gasteiger partial charge in [-0.3, -0.25) is 4.79 Å². The van der Waals surface area contributed by atoms with Crippen molar-refractivity contribution in [1.82, 2.24) is 4.72 Å². The number of benzene rings is 2. The number of carbonyl (C=O) groups is 1. The third-order valence-corrected chi connectivity index (χ3v) is 12.9. The van der Waals surface area contributed by atoms with Crippen LogP contribution in [-0.4, -0.2) is 64.7 Å². The largest absolute Gasteiger partial charge is 0.490 e. The number of sulfonamides is 1. The van der Waals surface area contributed by atoms with Gasteiger partial charge in [0, 0.05) is 29.1 Å². The lowest BCUT2D eigenvalue weighted by atomic mass is 9.68. The quantitative estimate of drug-likeness (QED) is 0.418. The lowest BCUT2D eigenvalue weighted by molar-refractivity contribution is -0.165. The van der Waals surface area contributed by atoms with Gasteiger partial charge in [-0.2, -0.15) is 0 Å². The number of anilines is 1. The summed E-state index contributed by atoms with van der Waals surface area (Å²) < 4.78 is 47.7. The molecule has 2 bridgehead atoms. The molecule has 1 spiro atoms. The first-order valence-corrected chi connectivity index (χ1v) is 18.4. The van der Waals surface area contributed by atoms with Crippen LogP contribution in [0.4, 0.5) is 5.69 Å². The molecule has 242 valence electrons. The molecule has 2 fully saturated rings. The molecule has 5 aliphatic rings. The van der Waals surface area contributed by atoms with Crippen LogP contribution in [0.25, 0.3) is 0 Å². The molecule has 7 rings (SSSR count). The summed E-state index contributed by atoms with van der Waals surface area (Å²) in [7, 11) is -3.87. The van der Waals surface area contributed by atoms with Gasteiger partial charge in [0.05, 0.1) is 36.9 Å². The predicted molar refractivity (Wildman–Crippen MR) is 175 cm³/mol. The van der Waals surface area contributed by atoms with E-state index in [4.69, 9.17) is 25.8 Å². The summed E-state index contributed by atoms with van der Waals surface area (Å²) in [5.74, 6) is 0.849. The van der Waals surface area contributed by atoms with E-state index in [0.717, 1.165) is 61.7 Å². The van der Waals surface area contributed by atoms with Gasteiger partial charge in [0.15, 0.2) is 0 Å². The molecule has 3 heterocycles. The van der Waals surface area contributed by atoms with Crippen LogP contribution in [0.1, 0.15) is 73.4 Å². The maximum Gasteiger partial charge on any atom is 0.264 e. The Morgan fingerprint density at radius 1 is 1.13 bits per heavy atom. The summed E-state index contributed by atoms with van der Waals surface area (Å²) in [5.41, 5.74) is 3.47. The summed E-state index contributed by atoms with van der Waals surface area (Å²) in [4.78, 5) is 15.9.